The fraction of sp³-hybridized carbons (Fsp3) is 0.455. The van der Waals surface area contributed by atoms with Crippen LogP contribution in [0.25, 0.3) is 0 Å². The molecule has 3 N–H and O–H groups in total. The summed E-state index contributed by atoms with van der Waals surface area (Å²) < 4.78 is 26.8. The number of nitrogens with zero attached hydrogens (tertiary/aromatic N) is 2. The van der Waals surface area contributed by atoms with Gasteiger partial charge >= 0.3 is 0 Å². The van der Waals surface area contributed by atoms with Crippen LogP contribution in [0, 0.1) is 0 Å². The van der Waals surface area contributed by atoms with Crippen molar-refractivity contribution in [2.75, 3.05) is 25.0 Å². The number of thiophene rings is 1. The highest BCUT2D eigenvalue weighted by Crippen LogP contribution is 2.37. The molecule has 8 nitrogen and oxygen atoms in total. The zero-order chi connectivity index (χ0) is 23.0. The van der Waals surface area contributed by atoms with E-state index in [0.717, 1.165) is 36.4 Å². The van der Waals surface area contributed by atoms with Gasteiger partial charge in [-0.2, -0.15) is 4.31 Å². The minimum absolute atomic E-state index is 0. The third kappa shape index (κ3) is 5.09. The number of fused-ring (bicyclic) bond motifs is 1. The first-order chi connectivity index (χ1) is 15.2. The molecule has 1 aromatic heterocycles. The van der Waals surface area contributed by atoms with Gasteiger partial charge in [-0.25, -0.2) is 8.42 Å². The number of anilines is 1. The summed E-state index contributed by atoms with van der Waals surface area (Å²) in [5, 5.41) is 3.27. The number of nitrogens with one attached hydrogen (secondary N) is 1. The second kappa shape index (κ2) is 10.1. The predicted molar refractivity (Wildman–Crippen MR) is 132 cm³/mol. The first kappa shape index (κ1) is 25.6. The summed E-state index contributed by atoms with van der Waals surface area (Å²) in [7, 11) is -3.53. The maximum Gasteiger partial charge on any atom is 0.256 e. The average molecular weight is 513 g/mol. The molecular formula is C22H29ClN4O4S2. The molecule has 0 unspecified atom stereocenters. The highest BCUT2D eigenvalue weighted by Gasteiger charge is 2.29. The lowest BCUT2D eigenvalue weighted by atomic mass is 10.0. The molecule has 0 atom stereocenters. The molecule has 0 bridgehead atoms. The summed E-state index contributed by atoms with van der Waals surface area (Å²) in [6.45, 7) is 6.86. The van der Waals surface area contributed by atoms with Gasteiger partial charge < -0.3 is 11.1 Å². The van der Waals surface area contributed by atoms with Crippen molar-refractivity contribution in [2.45, 2.75) is 50.6 Å². The van der Waals surface area contributed by atoms with E-state index in [9.17, 15) is 18.0 Å². The minimum atomic E-state index is -3.53. The van der Waals surface area contributed by atoms with Gasteiger partial charge in [-0.1, -0.05) is 0 Å². The van der Waals surface area contributed by atoms with Crippen molar-refractivity contribution in [3.63, 3.8) is 0 Å². The zero-order valence-electron chi connectivity index (χ0n) is 18.7. The number of hydrogen-bond donors (Lipinski definition) is 2. The molecule has 1 fully saturated rings. The average Bonchev–Trinajstić information content (AvgIpc) is 3.41. The molecule has 2 amide bonds. The molecular weight excluding hydrogens is 484 g/mol. The van der Waals surface area contributed by atoms with Gasteiger partial charge in [0.25, 0.3) is 11.8 Å². The van der Waals surface area contributed by atoms with Crippen molar-refractivity contribution in [1.82, 2.24) is 9.21 Å². The molecule has 3 heterocycles. The molecule has 1 saturated heterocycles. The molecule has 0 saturated carbocycles. The number of primary amides is 1. The third-order valence-corrected chi connectivity index (χ3v) is 9.15. The monoisotopic (exact) mass is 512 g/mol. The van der Waals surface area contributed by atoms with Crippen molar-refractivity contribution >= 4 is 50.6 Å². The van der Waals surface area contributed by atoms with Gasteiger partial charge in [-0.3, -0.25) is 14.5 Å². The number of rotatable bonds is 6. The number of amides is 2. The van der Waals surface area contributed by atoms with Crippen LogP contribution in [0.3, 0.4) is 0 Å². The van der Waals surface area contributed by atoms with Gasteiger partial charge in [0.15, 0.2) is 0 Å². The maximum absolute atomic E-state index is 12.9. The number of carbonyl (C=O) groups excluding carboxylic acids is 2. The molecule has 2 aliphatic heterocycles. The first-order valence-electron chi connectivity index (χ1n) is 10.8. The third-order valence-electron chi connectivity index (χ3n) is 6.11. The molecule has 33 heavy (non-hydrogen) atoms. The summed E-state index contributed by atoms with van der Waals surface area (Å²) in [6, 6.07) is 6.29. The maximum atomic E-state index is 12.9. The molecule has 0 radical (unpaired) electrons. The van der Waals surface area contributed by atoms with E-state index in [1.54, 1.807) is 0 Å². The lowest BCUT2D eigenvalue weighted by Gasteiger charge is -2.30. The van der Waals surface area contributed by atoms with Crippen molar-refractivity contribution in [3.8, 4) is 0 Å². The fourth-order valence-corrected chi connectivity index (χ4v) is 7.03. The Bertz CT molecular complexity index is 1140. The highest BCUT2D eigenvalue weighted by atomic mass is 35.5. The van der Waals surface area contributed by atoms with E-state index in [1.165, 1.54) is 39.9 Å². The molecule has 2 aliphatic rings. The smallest absolute Gasteiger partial charge is 0.256 e. The van der Waals surface area contributed by atoms with Crippen LogP contribution in [-0.2, 0) is 23.0 Å². The Morgan fingerprint density at radius 3 is 2.30 bits per heavy atom. The Morgan fingerprint density at radius 2 is 1.73 bits per heavy atom. The Kier molecular flexibility index (Phi) is 7.85. The topological polar surface area (TPSA) is 113 Å². The lowest BCUT2D eigenvalue weighted by molar-refractivity contribution is 0.0999. The van der Waals surface area contributed by atoms with Crippen LogP contribution in [0.1, 0.15) is 57.8 Å². The molecule has 4 rings (SSSR count). The van der Waals surface area contributed by atoms with Crippen LogP contribution < -0.4 is 11.1 Å². The summed E-state index contributed by atoms with van der Waals surface area (Å²) in [5.41, 5.74) is 7.27. The quantitative estimate of drug-likeness (QED) is 0.617. The number of nitrogens with two attached hydrogens (primary N) is 1. The molecule has 1 aromatic carbocycles. The largest absolute Gasteiger partial charge is 0.365 e. The number of carbonyl (C=O) groups is 2. The van der Waals surface area contributed by atoms with Gasteiger partial charge in [0.2, 0.25) is 10.0 Å². The molecule has 2 aromatic rings. The van der Waals surface area contributed by atoms with Gasteiger partial charge in [0.1, 0.15) is 5.00 Å². The van der Waals surface area contributed by atoms with E-state index < -0.39 is 21.8 Å². The lowest BCUT2D eigenvalue weighted by Crippen LogP contribution is -2.35. The van der Waals surface area contributed by atoms with Crippen molar-refractivity contribution < 1.29 is 18.0 Å². The van der Waals surface area contributed by atoms with Crippen molar-refractivity contribution in [3.05, 3.63) is 45.8 Å². The zero-order valence-corrected chi connectivity index (χ0v) is 21.1. The molecule has 11 heteroatoms. The van der Waals surface area contributed by atoms with E-state index in [2.05, 4.69) is 24.1 Å². The second-order valence-electron chi connectivity index (χ2n) is 8.48. The van der Waals surface area contributed by atoms with Crippen LogP contribution >= 0.6 is 23.7 Å². The molecule has 0 spiro atoms. The fourth-order valence-electron chi connectivity index (χ4n) is 4.24. The molecule has 0 aliphatic carbocycles. The summed E-state index contributed by atoms with van der Waals surface area (Å²) >= 11 is 1.38. The van der Waals surface area contributed by atoms with E-state index in [1.807, 2.05) is 0 Å². The van der Waals surface area contributed by atoms with E-state index in [0.29, 0.717) is 41.7 Å². The van der Waals surface area contributed by atoms with Crippen molar-refractivity contribution in [2.24, 2.45) is 5.73 Å². The van der Waals surface area contributed by atoms with Crippen LogP contribution in [0.15, 0.2) is 29.2 Å². The summed E-state index contributed by atoms with van der Waals surface area (Å²) in [6.07, 6.45) is 2.44. The van der Waals surface area contributed by atoms with Gasteiger partial charge in [0, 0.05) is 42.7 Å². The summed E-state index contributed by atoms with van der Waals surface area (Å²) in [5.74, 6) is -0.959. The van der Waals surface area contributed by atoms with Gasteiger partial charge in [-0.05, 0) is 62.9 Å². The van der Waals surface area contributed by atoms with E-state index in [-0.39, 0.29) is 17.3 Å². The van der Waals surface area contributed by atoms with Gasteiger partial charge in [0.05, 0.1) is 10.5 Å². The number of halogens is 1. The van der Waals surface area contributed by atoms with Gasteiger partial charge in [-0.15, -0.1) is 23.7 Å². The number of sulfonamides is 1. The second-order valence-corrected chi connectivity index (χ2v) is 11.5. The van der Waals surface area contributed by atoms with Crippen LogP contribution in [0.4, 0.5) is 5.00 Å². The first-order valence-corrected chi connectivity index (χ1v) is 13.0. The SMILES string of the molecule is CC(C)N1CCc2c(sc(NC(=O)c3ccc(S(=O)(=O)N4CCCC4)cc3)c2C(N)=O)C1.Cl. The predicted octanol–water partition coefficient (Wildman–Crippen LogP) is 3.07. The Hall–Kier alpha value is -1.98. The Balaban J connectivity index is 0.00000306. The van der Waals surface area contributed by atoms with E-state index >= 15 is 0 Å². The Labute approximate surface area is 204 Å². The normalized spacial score (nSPS) is 16.9. The number of hydrogen-bond acceptors (Lipinski definition) is 6. The Morgan fingerprint density at radius 1 is 1.09 bits per heavy atom. The van der Waals surface area contributed by atoms with Crippen molar-refractivity contribution in [1.29, 1.82) is 0 Å². The standard InChI is InChI=1S/C22H28N4O4S2.ClH/c1-14(2)25-12-9-17-18(13-25)31-22(19(17)20(23)27)24-21(28)15-5-7-16(8-6-15)32(29,30)26-10-3-4-11-26;/h5-8,14H,3-4,9-13H2,1-2H3,(H2,23,27)(H,24,28);1H. The summed E-state index contributed by atoms with van der Waals surface area (Å²) in [4.78, 5) is 28.6. The minimum Gasteiger partial charge on any atom is -0.365 e. The highest BCUT2D eigenvalue weighted by molar-refractivity contribution is 7.89. The van der Waals surface area contributed by atoms with E-state index in [4.69, 9.17) is 5.73 Å². The molecule has 180 valence electrons. The van der Waals surface area contributed by atoms with Crippen LogP contribution in [0.2, 0.25) is 0 Å². The van der Waals surface area contributed by atoms with Crippen LogP contribution in [-0.4, -0.2) is 55.1 Å². The number of benzene rings is 1. The van der Waals surface area contributed by atoms with Crippen LogP contribution in [0.5, 0.6) is 0 Å².